The van der Waals surface area contributed by atoms with E-state index in [9.17, 15) is 24.0 Å². The van der Waals surface area contributed by atoms with Crippen LogP contribution in [0.3, 0.4) is 0 Å². The fourth-order valence-electron chi connectivity index (χ4n) is 8.09. The van der Waals surface area contributed by atoms with Gasteiger partial charge < -0.3 is 32.9 Å². The standard InChI is InChI=1S/C36H38O11/c1-20-24-16-34(5)30(23-14-15-42-19-23)45-27(40)17-36(20,34)47-32-28(43-21(2)38)31(44-26(39)13-12-22-10-8-7-9-11-22)33(3,4)46-25(18-37)35(32,6)29(24)41/h7-15,18-19,24-25,28,30-32H,1,16-17H2,2-6H3/b13-12+/t24-,25+,28+,30-,31+,32-,34-,35+,36-/m0/s1. The van der Waals surface area contributed by atoms with Gasteiger partial charge in [-0.25, -0.2) is 4.79 Å². The number of fused-ring (bicyclic) bond motifs is 2. The second-order valence-electron chi connectivity index (χ2n) is 13.8. The van der Waals surface area contributed by atoms with Crippen molar-refractivity contribution in [2.75, 3.05) is 0 Å². The van der Waals surface area contributed by atoms with Crippen molar-refractivity contribution >= 4 is 36.1 Å². The molecule has 11 heteroatoms. The highest BCUT2D eigenvalue weighted by Crippen LogP contribution is 2.68. The van der Waals surface area contributed by atoms with Crippen molar-refractivity contribution in [3.63, 3.8) is 0 Å². The molecule has 4 heterocycles. The SMILES string of the molecule is C=C1[C@@H]2C[C@@]3(C)[C@H](c4ccoc4)OC(=O)C[C@]13O[C@H]1[C@H](OC(C)=O)[C@@H](OC(=O)/C=C/c3ccccc3)C(C)(C)O[C@H](C=O)[C@]1(C)C2=O. The number of hydrogen-bond donors (Lipinski definition) is 0. The fraction of sp³-hybridized carbons (Fsp3) is 0.472. The Morgan fingerprint density at radius 1 is 1.02 bits per heavy atom. The Morgan fingerprint density at radius 3 is 2.38 bits per heavy atom. The van der Waals surface area contributed by atoms with Crippen LogP contribution in [0.2, 0.25) is 0 Å². The highest BCUT2D eigenvalue weighted by atomic mass is 16.6. The molecule has 47 heavy (non-hydrogen) atoms. The van der Waals surface area contributed by atoms with Crippen LogP contribution >= 0.6 is 0 Å². The third-order valence-electron chi connectivity index (χ3n) is 10.5. The zero-order valence-corrected chi connectivity index (χ0v) is 26.9. The molecule has 0 unspecified atom stereocenters. The summed E-state index contributed by atoms with van der Waals surface area (Å²) in [5, 5.41) is 0. The Bertz CT molecular complexity index is 1640. The Kier molecular flexibility index (Phi) is 7.91. The Morgan fingerprint density at radius 2 is 1.74 bits per heavy atom. The van der Waals surface area contributed by atoms with E-state index < -0.39 is 82.2 Å². The molecule has 6 rings (SSSR count). The Hall–Kier alpha value is -4.35. The summed E-state index contributed by atoms with van der Waals surface area (Å²) in [7, 11) is 0. The number of cyclic esters (lactones) is 1. The third-order valence-corrected chi connectivity index (χ3v) is 10.5. The molecule has 248 valence electrons. The first kappa shape index (κ1) is 32.6. The van der Waals surface area contributed by atoms with Gasteiger partial charge in [-0.05, 0) is 50.5 Å². The maximum Gasteiger partial charge on any atom is 0.331 e. The average Bonchev–Trinajstić information content (AvgIpc) is 3.61. The molecule has 2 bridgehead atoms. The van der Waals surface area contributed by atoms with Crippen LogP contribution in [0, 0.1) is 16.7 Å². The van der Waals surface area contributed by atoms with Crippen molar-refractivity contribution in [1.29, 1.82) is 0 Å². The molecule has 0 radical (unpaired) electrons. The zero-order valence-electron chi connectivity index (χ0n) is 26.9. The molecule has 3 aliphatic heterocycles. The van der Waals surface area contributed by atoms with Crippen LogP contribution in [0.15, 0.2) is 71.6 Å². The van der Waals surface area contributed by atoms with E-state index in [2.05, 4.69) is 6.58 Å². The predicted molar refractivity (Wildman–Crippen MR) is 164 cm³/mol. The molecular formula is C36H38O11. The second kappa shape index (κ2) is 11.4. The van der Waals surface area contributed by atoms with E-state index in [0.29, 0.717) is 17.4 Å². The largest absolute Gasteiger partial charge is 0.472 e. The number of carbonyl (C=O) groups is 5. The second-order valence-corrected chi connectivity index (χ2v) is 13.8. The van der Waals surface area contributed by atoms with Crippen molar-refractivity contribution in [2.24, 2.45) is 16.7 Å². The van der Waals surface area contributed by atoms with Crippen molar-refractivity contribution in [1.82, 2.24) is 0 Å². The van der Waals surface area contributed by atoms with Crippen LogP contribution in [-0.2, 0) is 47.7 Å². The summed E-state index contributed by atoms with van der Waals surface area (Å²) in [5.74, 6) is -3.43. The summed E-state index contributed by atoms with van der Waals surface area (Å²) in [6.45, 7) is 12.0. The number of benzene rings is 1. The quantitative estimate of drug-likeness (QED) is 0.144. The molecule has 1 aliphatic carbocycles. The lowest BCUT2D eigenvalue weighted by atomic mass is 9.64. The van der Waals surface area contributed by atoms with E-state index in [0.717, 1.165) is 5.56 Å². The predicted octanol–water partition coefficient (Wildman–Crippen LogP) is 4.50. The molecule has 4 fully saturated rings. The Balaban J connectivity index is 1.50. The van der Waals surface area contributed by atoms with E-state index in [1.54, 1.807) is 38.1 Å². The van der Waals surface area contributed by atoms with Gasteiger partial charge in [0, 0.05) is 29.9 Å². The first-order chi connectivity index (χ1) is 22.2. The smallest absolute Gasteiger partial charge is 0.331 e. The van der Waals surface area contributed by atoms with Crippen molar-refractivity contribution in [3.8, 4) is 0 Å². The number of esters is 3. The van der Waals surface area contributed by atoms with Gasteiger partial charge in [0.15, 0.2) is 18.0 Å². The number of aldehydes is 1. The van der Waals surface area contributed by atoms with E-state index in [1.165, 1.54) is 32.4 Å². The summed E-state index contributed by atoms with van der Waals surface area (Å²) < 4.78 is 36.5. The van der Waals surface area contributed by atoms with Gasteiger partial charge in [-0.1, -0.05) is 43.8 Å². The van der Waals surface area contributed by atoms with Gasteiger partial charge >= 0.3 is 17.9 Å². The van der Waals surface area contributed by atoms with Crippen LogP contribution in [0.25, 0.3) is 6.08 Å². The van der Waals surface area contributed by atoms with Gasteiger partial charge in [-0.2, -0.15) is 0 Å². The van der Waals surface area contributed by atoms with E-state index >= 15 is 0 Å². The number of rotatable bonds is 6. The maximum atomic E-state index is 14.9. The summed E-state index contributed by atoms with van der Waals surface area (Å²) >= 11 is 0. The monoisotopic (exact) mass is 646 g/mol. The van der Waals surface area contributed by atoms with Crippen LogP contribution in [0.4, 0.5) is 0 Å². The first-order valence-electron chi connectivity index (χ1n) is 15.5. The number of ether oxygens (including phenoxy) is 5. The molecule has 1 saturated carbocycles. The summed E-state index contributed by atoms with van der Waals surface area (Å²) in [4.78, 5) is 67.3. The molecule has 2 aromatic rings. The number of hydrogen-bond acceptors (Lipinski definition) is 11. The molecular weight excluding hydrogens is 608 g/mol. The van der Waals surface area contributed by atoms with E-state index in [4.69, 9.17) is 28.1 Å². The van der Waals surface area contributed by atoms with Gasteiger partial charge in [0.2, 0.25) is 0 Å². The topological polar surface area (TPSA) is 145 Å². The van der Waals surface area contributed by atoms with Crippen LogP contribution in [0.5, 0.6) is 0 Å². The normalized spacial score (nSPS) is 37.6. The molecule has 1 aromatic carbocycles. The Labute approximate surface area is 272 Å². The van der Waals surface area contributed by atoms with Gasteiger partial charge in [-0.15, -0.1) is 0 Å². The highest BCUT2D eigenvalue weighted by Gasteiger charge is 2.75. The highest BCUT2D eigenvalue weighted by molar-refractivity contribution is 5.95. The molecule has 1 aromatic heterocycles. The molecule has 3 saturated heterocycles. The lowest BCUT2D eigenvalue weighted by Gasteiger charge is -2.54. The number of furan rings is 1. The van der Waals surface area contributed by atoms with Crippen LogP contribution in [-0.4, -0.2) is 65.6 Å². The molecule has 0 amide bonds. The minimum absolute atomic E-state index is 0.187. The zero-order chi connectivity index (χ0) is 33.9. The first-order valence-corrected chi connectivity index (χ1v) is 15.5. The van der Waals surface area contributed by atoms with Gasteiger partial charge in [0.25, 0.3) is 0 Å². The molecule has 1 spiro atoms. The summed E-state index contributed by atoms with van der Waals surface area (Å²) in [6, 6.07) is 10.8. The van der Waals surface area contributed by atoms with Gasteiger partial charge in [0.05, 0.1) is 24.4 Å². The van der Waals surface area contributed by atoms with Crippen molar-refractivity contribution in [3.05, 3.63) is 78.3 Å². The molecule has 0 N–H and O–H groups in total. The molecule has 9 atom stereocenters. The summed E-state index contributed by atoms with van der Waals surface area (Å²) in [5.41, 5.74) is -4.10. The summed E-state index contributed by atoms with van der Waals surface area (Å²) in [6.07, 6.45) is -0.397. The van der Waals surface area contributed by atoms with Crippen LogP contribution < -0.4 is 0 Å². The van der Waals surface area contributed by atoms with Gasteiger partial charge in [-0.3, -0.25) is 14.4 Å². The number of carbonyl (C=O) groups excluding carboxylic acids is 5. The van der Waals surface area contributed by atoms with Crippen molar-refractivity contribution < 1.29 is 52.1 Å². The number of Topliss-reactive ketones (excluding diaryl/α,β-unsaturated/α-hetero) is 1. The third kappa shape index (κ3) is 4.98. The minimum atomic E-state index is -1.76. The van der Waals surface area contributed by atoms with Crippen LogP contribution in [0.1, 0.15) is 64.7 Å². The maximum absolute atomic E-state index is 14.9. The lowest BCUT2D eigenvalue weighted by Crippen LogP contribution is -2.64. The van der Waals surface area contributed by atoms with Crippen molar-refractivity contribution in [2.45, 2.75) is 89.2 Å². The average molecular weight is 647 g/mol. The molecule has 4 aliphatic rings. The van der Waals surface area contributed by atoms with E-state index in [1.807, 2.05) is 25.1 Å². The minimum Gasteiger partial charge on any atom is -0.472 e. The van der Waals surface area contributed by atoms with E-state index in [-0.39, 0.29) is 12.8 Å². The lowest BCUT2D eigenvalue weighted by molar-refractivity contribution is -0.254. The fourth-order valence-corrected chi connectivity index (χ4v) is 8.09. The van der Waals surface area contributed by atoms with Gasteiger partial charge in [0.1, 0.15) is 35.8 Å². The molecule has 11 nitrogen and oxygen atoms in total. The number of ketones is 1.